The van der Waals surface area contributed by atoms with Gasteiger partial charge in [0.15, 0.2) is 0 Å². The van der Waals surface area contributed by atoms with E-state index in [4.69, 9.17) is 9.47 Å². The monoisotopic (exact) mass is 277 g/mol. The molecule has 3 nitrogen and oxygen atoms in total. The first-order valence-corrected chi connectivity index (χ1v) is 7.71. The maximum Gasteiger partial charge on any atom is 0.124 e. The van der Waals surface area contributed by atoms with Crippen molar-refractivity contribution >= 4 is 0 Å². The van der Waals surface area contributed by atoms with Crippen LogP contribution in [-0.4, -0.2) is 26.4 Å². The maximum atomic E-state index is 5.95. The van der Waals surface area contributed by atoms with E-state index in [1.807, 2.05) is 20.2 Å². The van der Waals surface area contributed by atoms with E-state index in [1.54, 1.807) is 0 Å². The van der Waals surface area contributed by atoms with Crippen LogP contribution in [0.2, 0.25) is 0 Å². The van der Waals surface area contributed by atoms with Gasteiger partial charge in [0.1, 0.15) is 5.75 Å². The topological polar surface area (TPSA) is 30.5 Å². The average Bonchev–Trinajstić information content (AvgIpc) is 2.97. The van der Waals surface area contributed by atoms with Crippen LogP contribution in [0.15, 0.2) is 24.3 Å². The zero-order valence-corrected chi connectivity index (χ0v) is 12.9. The lowest BCUT2D eigenvalue weighted by molar-refractivity contribution is -0.0355. The Labute approximate surface area is 122 Å². The molecule has 0 radical (unpaired) electrons. The molecule has 1 aromatic rings. The first-order valence-electron chi connectivity index (χ1n) is 7.71. The highest BCUT2D eigenvalue weighted by Crippen LogP contribution is 2.44. The Kier molecular flexibility index (Phi) is 5.44. The van der Waals surface area contributed by atoms with Gasteiger partial charge in [0, 0.05) is 12.7 Å². The molecule has 20 heavy (non-hydrogen) atoms. The minimum atomic E-state index is -0.0968. The van der Waals surface area contributed by atoms with Gasteiger partial charge in [-0.15, -0.1) is 0 Å². The summed E-state index contributed by atoms with van der Waals surface area (Å²) in [7, 11) is 3.85. The Morgan fingerprint density at radius 3 is 2.55 bits per heavy atom. The molecule has 1 N–H and O–H groups in total. The Morgan fingerprint density at radius 2 is 1.95 bits per heavy atom. The van der Waals surface area contributed by atoms with Crippen LogP contribution in [-0.2, 0) is 4.74 Å². The molecular formula is C17H27NO2. The number of nitrogens with one attached hydrogen (secondary N) is 1. The molecule has 1 unspecified atom stereocenters. The van der Waals surface area contributed by atoms with Gasteiger partial charge in [0.05, 0.1) is 18.2 Å². The van der Waals surface area contributed by atoms with Gasteiger partial charge in [-0.2, -0.15) is 0 Å². The van der Waals surface area contributed by atoms with Crippen molar-refractivity contribution in [3.8, 4) is 5.75 Å². The Hall–Kier alpha value is -1.06. The second-order valence-electron chi connectivity index (χ2n) is 5.58. The van der Waals surface area contributed by atoms with Crippen molar-refractivity contribution < 1.29 is 9.47 Å². The van der Waals surface area contributed by atoms with Crippen molar-refractivity contribution in [2.75, 3.05) is 20.8 Å². The second kappa shape index (κ2) is 7.09. The van der Waals surface area contributed by atoms with Crippen LogP contribution in [0.1, 0.15) is 50.6 Å². The van der Waals surface area contributed by atoms with Gasteiger partial charge in [-0.1, -0.05) is 38.0 Å². The van der Waals surface area contributed by atoms with E-state index in [0.717, 1.165) is 31.6 Å². The molecule has 0 spiro atoms. The molecule has 2 rings (SSSR count). The van der Waals surface area contributed by atoms with Gasteiger partial charge < -0.3 is 14.8 Å². The van der Waals surface area contributed by atoms with Crippen molar-refractivity contribution in [2.45, 2.75) is 50.7 Å². The summed E-state index contributed by atoms with van der Waals surface area (Å²) in [6.07, 6.45) is 5.72. The van der Waals surface area contributed by atoms with Crippen LogP contribution in [0.5, 0.6) is 5.75 Å². The second-order valence-corrected chi connectivity index (χ2v) is 5.58. The summed E-state index contributed by atoms with van der Waals surface area (Å²) in [5.41, 5.74) is 1.12. The van der Waals surface area contributed by atoms with E-state index in [1.165, 1.54) is 18.4 Å². The summed E-state index contributed by atoms with van der Waals surface area (Å²) < 4.78 is 11.9. The molecule has 1 aromatic carbocycles. The molecule has 0 heterocycles. The van der Waals surface area contributed by atoms with E-state index in [9.17, 15) is 0 Å². The van der Waals surface area contributed by atoms with Crippen LogP contribution >= 0.6 is 0 Å². The van der Waals surface area contributed by atoms with E-state index < -0.39 is 0 Å². The normalized spacial score (nSPS) is 18.9. The van der Waals surface area contributed by atoms with Crippen molar-refractivity contribution in [3.05, 3.63) is 29.8 Å². The fourth-order valence-electron chi connectivity index (χ4n) is 3.35. The molecule has 112 valence electrons. The van der Waals surface area contributed by atoms with Gasteiger partial charge in [-0.25, -0.2) is 0 Å². The predicted octanol–water partition coefficient (Wildman–Crippen LogP) is 3.70. The molecule has 0 saturated heterocycles. The first kappa shape index (κ1) is 15.3. The summed E-state index contributed by atoms with van der Waals surface area (Å²) in [6.45, 7) is 2.89. The SMILES string of the molecule is CCCOc1ccccc1C(NC)C1(OC)CCCC1. The lowest BCUT2D eigenvalue weighted by Crippen LogP contribution is -2.42. The van der Waals surface area contributed by atoms with Crippen molar-refractivity contribution in [3.63, 3.8) is 0 Å². The highest BCUT2D eigenvalue weighted by molar-refractivity contribution is 5.38. The quantitative estimate of drug-likeness (QED) is 0.824. The molecule has 1 aliphatic rings. The number of para-hydroxylation sites is 1. The third-order valence-corrected chi connectivity index (χ3v) is 4.36. The molecule has 1 atom stereocenters. The van der Waals surface area contributed by atoms with Crippen LogP contribution in [0.3, 0.4) is 0 Å². The predicted molar refractivity (Wildman–Crippen MR) is 82.2 cm³/mol. The highest BCUT2D eigenvalue weighted by Gasteiger charge is 2.42. The van der Waals surface area contributed by atoms with Gasteiger partial charge in [-0.3, -0.25) is 0 Å². The Balaban J connectivity index is 2.31. The molecule has 1 aliphatic carbocycles. The number of hydrogen-bond donors (Lipinski definition) is 1. The lowest BCUT2D eigenvalue weighted by atomic mass is 9.86. The third kappa shape index (κ3) is 2.99. The number of benzene rings is 1. The molecule has 0 bridgehead atoms. The van der Waals surface area contributed by atoms with Crippen molar-refractivity contribution in [1.82, 2.24) is 5.32 Å². The smallest absolute Gasteiger partial charge is 0.124 e. The molecule has 1 fully saturated rings. The summed E-state index contributed by atoms with van der Waals surface area (Å²) in [4.78, 5) is 0. The fourth-order valence-corrected chi connectivity index (χ4v) is 3.35. The Bertz CT molecular complexity index is 413. The summed E-state index contributed by atoms with van der Waals surface area (Å²) in [5, 5.41) is 3.46. The zero-order valence-electron chi connectivity index (χ0n) is 12.9. The van der Waals surface area contributed by atoms with Crippen LogP contribution in [0, 0.1) is 0 Å². The summed E-state index contributed by atoms with van der Waals surface area (Å²) in [6, 6.07) is 8.52. The van der Waals surface area contributed by atoms with Crippen LogP contribution in [0.4, 0.5) is 0 Å². The van der Waals surface area contributed by atoms with Gasteiger partial charge in [0.2, 0.25) is 0 Å². The lowest BCUT2D eigenvalue weighted by Gasteiger charge is -2.37. The van der Waals surface area contributed by atoms with Gasteiger partial charge >= 0.3 is 0 Å². The van der Waals surface area contributed by atoms with Crippen molar-refractivity contribution in [1.29, 1.82) is 0 Å². The van der Waals surface area contributed by atoms with Gasteiger partial charge in [0.25, 0.3) is 0 Å². The summed E-state index contributed by atoms with van der Waals surface area (Å²) in [5.74, 6) is 0.983. The molecule has 0 amide bonds. The fraction of sp³-hybridized carbons (Fsp3) is 0.647. The van der Waals surface area contributed by atoms with Crippen molar-refractivity contribution in [2.24, 2.45) is 0 Å². The minimum Gasteiger partial charge on any atom is -0.493 e. The Morgan fingerprint density at radius 1 is 1.25 bits per heavy atom. The number of ether oxygens (including phenoxy) is 2. The number of hydrogen-bond acceptors (Lipinski definition) is 3. The number of rotatable bonds is 7. The van der Waals surface area contributed by atoms with Crippen LogP contribution < -0.4 is 10.1 Å². The standard InChI is InChI=1S/C17H27NO2/c1-4-13-20-15-10-6-5-9-14(15)16(18-2)17(19-3)11-7-8-12-17/h5-6,9-10,16,18H,4,7-8,11-13H2,1-3H3. The largest absolute Gasteiger partial charge is 0.493 e. The number of likely N-dealkylation sites (N-methyl/N-ethyl adjacent to an activating group) is 1. The van der Waals surface area contributed by atoms with Crippen LogP contribution in [0.25, 0.3) is 0 Å². The molecular weight excluding hydrogens is 250 g/mol. The zero-order chi connectivity index (χ0) is 14.4. The molecule has 3 heteroatoms. The molecule has 1 saturated carbocycles. The third-order valence-electron chi connectivity index (χ3n) is 4.36. The first-order chi connectivity index (χ1) is 9.77. The maximum absolute atomic E-state index is 5.95. The minimum absolute atomic E-state index is 0.0968. The van der Waals surface area contributed by atoms with Gasteiger partial charge in [-0.05, 0) is 32.4 Å². The molecule has 0 aliphatic heterocycles. The van der Waals surface area contributed by atoms with E-state index in [2.05, 4.69) is 30.4 Å². The average molecular weight is 277 g/mol. The van der Waals surface area contributed by atoms with E-state index in [0.29, 0.717) is 0 Å². The molecule has 0 aromatic heterocycles. The highest BCUT2D eigenvalue weighted by atomic mass is 16.5. The number of methoxy groups -OCH3 is 1. The van der Waals surface area contributed by atoms with E-state index in [-0.39, 0.29) is 11.6 Å². The summed E-state index contributed by atoms with van der Waals surface area (Å²) >= 11 is 0. The van der Waals surface area contributed by atoms with E-state index >= 15 is 0 Å².